The summed E-state index contributed by atoms with van der Waals surface area (Å²) in [4.78, 5) is 0. The lowest BCUT2D eigenvalue weighted by Crippen LogP contribution is -2.02. The zero-order chi connectivity index (χ0) is 4.99. The summed E-state index contributed by atoms with van der Waals surface area (Å²) in [6, 6.07) is 0. The molecule has 0 aliphatic carbocycles. The SMILES string of the molecule is C=C(CC)NO. The van der Waals surface area contributed by atoms with Crippen LogP contribution < -0.4 is 5.48 Å². The first-order chi connectivity index (χ1) is 2.81. The number of hydrogen-bond donors (Lipinski definition) is 2. The van der Waals surface area contributed by atoms with Crippen molar-refractivity contribution < 1.29 is 5.21 Å². The molecule has 2 nitrogen and oxygen atoms in total. The molecule has 0 saturated carbocycles. The lowest BCUT2D eigenvalue weighted by atomic mass is 10.4. The van der Waals surface area contributed by atoms with E-state index < -0.39 is 0 Å². The van der Waals surface area contributed by atoms with Gasteiger partial charge in [-0.1, -0.05) is 13.5 Å². The van der Waals surface area contributed by atoms with E-state index >= 15 is 0 Å². The first-order valence-corrected chi connectivity index (χ1v) is 1.89. The first kappa shape index (κ1) is 5.50. The highest BCUT2D eigenvalue weighted by molar-refractivity contribution is 4.83. The second kappa shape index (κ2) is 2.72. The van der Waals surface area contributed by atoms with E-state index in [1.54, 1.807) is 0 Å². The van der Waals surface area contributed by atoms with Gasteiger partial charge in [-0.25, -0.2) is 0 Å². The fraction of sp³-hybridized carbons (Fsp3) is 0.500. The Morgan fingerprint density at radius 1 is 2.00 bits per heavy atom. The average Bonchev–Trinajstić information content (AvgIpc) is 1.65. The third kappa shape index (κ3) is 1.79. The minimum atomic E-state index is 0.648. The molecule has 0 radical (unpaired) electrons. The molecule has 0 heterocycles. The van der Waals surface area contributed by atoms with Crippen molar-refractivity contribution in [2.45, 2.75) is 13.3 Å². The molecule has 0 bridgehead atoms. The summed E-state index contributed by atoms with van der Waals surface area (Å²) in [5.41, 5.74) is 2.57. The highest BCUT2D eigenvalue weighted by atomic mass is 16.5. The summed E-state index contributed by atoms with van der Waals surface area (Å²) >= 11 is 0. The van der Waals surface area contributed by atoms with Crippen molar-refractivity contribution in [1.82, 2.24) is 5.48 Å². The van der Waals surface area contributed by atoms with E-state index in [1.165, 1.54) is 0 Å². The van der Waals surface area contributed by atoms with E-state index in [9.17, 15) is 0 Å². The molecule has 0 saturated heterocycles. The third-order valence-corrected chi connectivity index (χ3v) is 0.585. The standard InChI is InChI=1S/C4H9NO/c1-3-4(2)5-6/h5-6H,2-3H2,1H3. The molecule has 0 spiro atoms. The molecule has 0 aliphatic heterocycles. The highest BCUT2D eigenvalue weighted by Gasteiger charge is 1.76. The maximum atomic E-state index is 7.99. The summed E-state index contributed by atoms with van der Waals surface area (Å²) in [6.07, 6.45) is 0.774. The lowest BCUT2D eigenvalue weighted by molar-refractivity contribution is 0.197. The molecule has 2 N–H and O–H groups in total. The normalized spacial score (nSPS) is 7.67. The summed E-state index contributed by atoms with van der Waals surface area (Å²) in [6.45, 7) is 5.34. The minimum absolute atomic E-state index is 0.648. The summed E-state index contributed by atoms with van der Waals surface area (Å²) in [5.74, 6) is 0. The second-order valence-electron chi connectivity index (χ2n) is 1.07. The molecule has 0 rings (SSSR count). The fourth-order valence-corrected chi connectivity index (χ4v) is 0.0791. The van der Waals surface area contributed by atoms with Crippen LogP contribution in [0.25, 0.3) is 0 Å². The van der Waals surface area contributed by atoms with Crippen molar-refractivity contribution >= 4 is 0 Å². The molecule has 0 aliphatic rings. The van der Waals surface area contributed by atoms with Gasteiger partial charge in [0.1, 0.15) is 0 Å². The van der Waals surface area contributed by atoms with Crippen LogP contribution in [0.5, 0.6) is 0 Å². The van der Waals surface area contributed by atoms with Crippen LogP contribution in [0.15, 0.2) is 12.3 Å². The average molecular weight is 87.1 g/mol. The van der Waals surface area contributed by atoms with E-state index in [-0.39, 0.29) is 0 Å². The fourth-order valence-electron chi connectivity index (χ4n) is 0.0791. The van der Waals surface area contributed by atoms with E-state index in [1.807, 2.05) is 12.4 Å². The van der Waals surface area contributed by atoms with Crippen LogP contribution in [0.2, 0.25) is 0 Å². The van der Waals surface area contributed by atoms with Gasteiger partial charge in [0, 0.05) is 5.70 Å². The van der Waals surface area contributed by atoms with Gasteiger partial charge in [-0.3, -0.25) is 10.7 Å². The van der Waals surface area contributed by atoms with E-state index in [0.717, 1.165) is 6.42 Å². The maximum Gasteiger partial charge on any atom is 0.0301 e. The number of hydrogen-bond acceptors (Lipinski definition) is 2. The van der Waals surface area contributed by atoms with Gasteiger partial charge >= 0.3 is 0 Å². The van der Waals surface area contributed by atoms with Crippen LogP contribution in [0, 0.1) is 0 Å². The second-order valence-corrected chi connectivity index (χ2v) is 1.07. The number of nitrogens with one attached hydrogen (secondary N) is 1. The molecule has 0 fully saturated rings. The minimum Gasteiger partial charge on any atom is -0.291 e. The topological polar surface area (TPSA) is 32.3 Å². The van der Waals surface area contributed by atoms with Gasteiger partial charge in [0.05, 0.1) is 0 Å². The van der Waals surface area contributed by atoms with Crippen LogP contribution in [-0.2, 0) is 0 Å². The Hall–Kier alpha value is -0.500. The Morgan fingerprint density at radius 2 is 2.50 bits per heavy atom. The molecular weight excluding hydrogens is 78.0 g/mol. The van der Waals surface area contributed by atoms with Crippen LogP contribution in [0.1, 0.15) is 13.3 Å². The van der Waals surface area contributed by atoms with Gasteiger partial charge in [0.15, 0.2) is 0 Å². The lowest BCUT2D eigenvalue weighted by Gasteiger charge is -1.93. The number of allylic oxidation sites excluding steroid dienone is 1. The monoisotopic (exact) mass is 87.1 g/mol. The van der Waals surface area contributed by atoms with Gasteiger partial charge in [0.25, 0.3) is 0 Å². The zero-order valence-corrected chi connectivity index (χ0v) is 3.86. The van der Waals surface area contributed by atoms with Crippen molar-refractivity contribution in [3.05, 3.63) is 12.3 Å². The van der Waals surface area contributed by atoms with Crippen LogP contribution in [0.3, 0.4) is 0 Å². The largest absolute Gasteiger partial charge is 0.291 e. The summed E-state index contributed by atoms with van der Waals surface area (Å²) in [7, 11) is 0. The molecule has 0 unspecified atom stereocenters. The number of rotatable bonds is 2. The molecule has 36 valence electrons. The Labute approximate surface area is 37.4 Å². The van der Waals surface area contributed by atoms with Crippen molar-refractivity contribution in [2.24, 2.45) is 0 Å². The highest BCUT2D eigenvalue weighted by Crippen LogP contribution is 1.84. The maximum absolute atomic E-state index is 7.99. The molecule has 0 aromatic carbocycles. The molecule has 0 amide bonds. The Bertz CT molecular complexity index is 45.5. The molecule has 2 heteroatoms. The summed E-state index contributed by atoms with van der Waals surface area (Å²) in [5, 5.41) is 7.99. The summed E-state index contributed by atoms with van der Waals surface area (Å²) < 4.78 is 0. The van der Waals surface area contributed by atoms with Gasteiger partial charge in [-0.2, -0.15) is 0 Å². The van der Waals surface area contributed by atoms with E-state index in [0.29, 0.717) is 5.70 Å². The van der Waals surface area contributed by atoms with Gasteiger partial charge in [0.2, 0.25) is 0 Å². The van der Waals surface area contributed by atoms with Crippen LogP contribution in [0.4, 0.5) is 0 Å². The number of hydroxylamine groups is 1. The first-order valence-electron chi connectivity index (χ1n) is 1.89. The molecule has 0 aromatic heterocycles. The predicted molar refractivity (Wildman–Crippen MR) is 24.4 cm³/mol. The third-order valence-electron chi connectivity index (χ3n) is 0.585. The smallest absolute Gasteiger partial charge is 0.0301 e. The van der Waals surface area contributed by atoms with Crippen molar-refractivity contribution in [2.75, 3.05) is 0 Å². The van der Waals surface area contributed by atoms with Crippen LogP contribution in [-0.4, -0.2) is 5.21 Å². The van der Waals surface area contributed by atoms with E-state index in [4.69, 9.17) is 5.21 Å². The van der Waals surface area contributed by atoms with E-state index in [2.05, 4.69) is 6.58 Å². The van der Waals surface area contributed by atoms with Crippen LogP contribution >= 0.6 is 0 Å². The zero-order valence-electron chi connectivity index (χ0n) is 3.86. The van der Waals surface area contributed by atoms with Crippen molar-refractivity contribution in [3.8, 4) is 0 Å². The van der Waals surface area contributed by atoms with Crippen molar-refractivity contribution in [3.63, 3.8) is 0 Å². The predicted octanol–water partition coefficient (Wildman–Crippen LogP) is 0.889. The molecular formula is C4H9NO. The Kier molecular flexibility index (Phi) is 2.50. The van der Waals surface area contributed by atoms with Gasteiger partial charge in [-0.15, -0.1) is 0 Å². The van der Waals surface area contributed by atoms with Gasteiger partial charge < -0.3 is 0 Å². The Morgan fingerprint density at radius 3 is 2.50 bits per heavy atom. The molecule has 0 atom stereocenters. The molecule has 6 heavy (non-hydrogen) atoms. The van der Waals surface area contributed by atoms with Gasteiger partial charge in [-0.05, 0) is 6.42 Å². The molecule has 0 aromatic rings. The van der Waals surface area contributed by atoms with Crippen molar-refractivity contribution in [1.29, 1.82) is 0 Å². The Balaban J connectivity index is 2.99. The quantitative estimate of drug-likeness (QED) is 0.490.